The Morgan fingerprint density at radius 3 is 2.59 bits per heavy atom. The summed E-state index contributed by atoms with van der Waals surface area (Å²) in [4.78, 5) is 10.2. The van der Waals surface area contributed by atoms with Gasteiger partial charge in [-0.3, -0.25) is 4.79 Å². The van der Waals surface area contributed by atoms with Crippen LogP contribution in [-0.2, 0) is 17.1 Å². The summed E-state index contributed by atoms with van der Waals surface area (Å²) in [5.41, 5.74) is 0. The summed E-state index contributed by atoms with van der Waals surface area (Å²) in [5.74, 6) is -7.31. The molecule has 0 aliphatic heterocycles. The van der Waals surface area contributed by atoms with Gasteiger partial charge < -0.3 is 9.52 Å². The summed E-state index contributed by atoms with van der Waals surface area (Å²) in [6.45, 7) is 0. The monoisotopic (exact) mass is 256 g/mol. The van der Waals surface area contributed by atoms with Gasteiger partial charge in [-0.05, 0) is 6.42 Å². The first kappa shape index (κ1) is 13.4. The van der Waals surface area contributed by atoms with Gasteiger partial charge in [0.25, 0.3) is 5.89 Å². The highest BCUT2D eigenvalue weighted by molar-refractivity contribution is 5.66. The van der Waals surface area contributed by atoms with Crippen LogP contribution in [0.3, 0.4) is 0 Å². The van der Waals surface area contributed by atoms with Crippen molar-refractivity contribution in [2.75, 3.05) is 0 Å². The molecule has 0 fully saturated rings. The fourth-order valence-electron chi connectivity index (χ4n) is 0.974. The lowest BCUT2D eigenvalue weighted by atomic mass is 10.2. The summed E-state index contributed by atoms with van der Waals surface area (Å²) in [7, 11) is 0. The number of carbonyl (C=O) groups is 1. The highest BCUT2D eigenvalue weighted by atomic mass is 19.3. The molecule has 0 saturated carbocycles. The van der Waals surface area contributed by atoms with E-state index in [4.69, 9.17) is 5.11 Å². The van der Waals surface area contributed by atoms with Crippen molar-refractivity contribution in [1.82, 2.24) is 10.2 Å². The number of rotatable bonds is 6. The van der Waals surface area contributed by atoms with Crippen molar-refractivity contribution >= 4 is 5.97 Å². The predicted molar refractivity (Wildman–Crippen MR) is 44.8 cm³/mol. The fourth-order valence-corrected chi connectivity index (χ4v) is 0.974. The summed E-state index contributed by atoms with van der Waals surface area (Å²) in [6, 6.07) is 0. The van der Waals surface area contributed by atoms with Gasteiger partial charge in [0, 0.05) is 12.8 Å². The van der Waals surface area contributed by atoms with Crippen molar-refractivity contribution in [1.29, 1.82) is 0 Å². The third-order valence-corrected chi connectivity index (χ3v) is 1.81. The Morgan fingerprint density at radius 2 is 2.06 bits per heavy atom. The minimum Gasteiger partial charge on any atom is -0.481 e. The molecular weight excluding hydrogens is 248 g/mol. The van der Waals surface area contributed by atoms with Crippen molar-refractivity contribution in [3.63, 3.8) is 0 Å². The summed E-state index contributed by atoms with van der Waals surface area (Å²) in [5, 5.41) is 14.3. The Hall–Kier alpha value is -1.67. The van der Waals surface area contributed by atoms with E-state index in [1.807, 2.05) is 0 Å². The zero-order valence-corrected chi connectivity index (χ0v) is 8.37. The maximum atomic E-state index is 12.7. The van der Waals surface area contributed by atoms with Gasteiger partial charge in [0.15, 0.2) is 0 Å². The molecule has 1 aromatic heterocycles. The van der Waals surface area contributed by atoms with Crippen molar-refractivity contribution in [3.05, 3.63) is 11.8 Å². The molecule has 0 aliphatic carbocycles. The van der Waals surface area contributed by atoms with E-state index >= 15 is 0 Å². The van der Waals surface area contributed by atoms with Crippen LogP contribution in [0.15, 0.2) is 4.42 Å². The average Bonchev–Trinajstić information content (AvgIpc) is 2.66. The maximum Gasteiger partial charge on any atom is 0.382 e. The molecule has 0 aromatic carbocycles. The molecular formula is C8H8F4N2O3. The molecule has 0 bridgehead atoms. The smallest absolute Gasteiger partial charge is 0.382 e. The van der Waals surface area contributed by atoms with Crippen molar-refractivity contribution in [2.24, 2.45) is 0 Å². The molecule has 0 amide bonds. The van der Waals surface area contributed by atoms with Crippen molar-refractivity contribution in [2.45, 2.75) is 31.6 Å². The first-order chi connectivity index (χ1) is 7.84. The molecule has 0 saturated heterocycles. The molecule has 1 heterocycles. The Kier molecular flexibility index (Phi) is 4.02. The summed E-state index contributed by atoms with van der Waals surface area (Å²) < 4.78 is 53.6. The van der Waals surface area contributed by atoms with Crippen molar-refractivity contribution < 1.29 is 31.9 Å². The van der Waals surface area contributed by atoms with Crippen LogP contribution in [0.4, 0.5) is 17.6 Å². The standard InChI is InChI=1S/C8H8F4N2O3/c9-6(10)8(11,12)7-14-13-4(17-7)2-1-3-5(15)16/h6H,1-3H2,(H,15,16). The highest BCUT2D eigenvalue weighted by Gasteiger charge is 2.48. The largest absolute Gasteiger partial charge is 0.481 e. The zero-order chi connectivity index (χ0) is 13.1. The summed E-state index contributed by atoms with van der Waals surface area (Å²) >= 11 is 0. The molecule has 0 spiro atoms. The first-order valence-electron chi connectivity index (χ1n) is 4.54. The lowest BCUT2D eigenvalue weighted by molar-refractivity contribution is -0.151. The van der Waals surface area contributed by atoms with Gasteiger partial charge in [-0.15, -0.1) is 10.2 Å². The van der Waals surface area contributed by atoms with Gasteiger partial charge in [-0.1, -0.05) is 0 Å². The molecule has 1 N–H and O–H groups in total. The molecule has 17 heavy (non-hydrogen) atoms. The lowest BCUT2D eigenvalue weighted by Gasteiger charge is -2.09. The van der Waals surface area contributed by atoms with Gasteiger partial charge in [0.1, 0.15) is 0 Å². The lowest BCUT2D eigenvalue weighted by Crippen LogP contribution is -2.23. The van der Waals surface area contributed by atoms with Crippen LogP contribution in [0.2, 0.25) is 0 Å². The second-order valence-corrected chi connectivity index (χ2v) is 3.17. The van der Waals surface area contributed by atoms with E-state index in [2.05, 4.69) is 14.6 Å². The fraction of sp³-hybridized carbons (Fsp3) is 0.625. The molecule has 0 atom stereocenters. The number of aryl methyl sites for hydroxylation is 1. The number of alkyl halides is 4. The predicted octanol–water partition coefficient (Wildman–Crippen LogP) is 1.83. The Bertz CT molecular complexity index is 394. The number of aromatic nitrogens is 2. The molecule has 1 rings (SSSR count). The normalized spacial score (nSPS) is 12.1. The van der Waals surface area contributed by atoms with Gasteiger partial charge >= 0.3 is 18.3 Å². The number of nitrogens with zero attached hydrogens (tertiary/aromatic N) is 2. The van der Waals surface area contributed by atoms with E-state index in [-0.39, 0.29) is 25.2 Å². The van der Waals surface area contributed by atoms with Crippen LogP contribution in [0.25, 0.3) is 0 Å². The van der Waals surface area contributed by atoms with Crippen LogP contribution in [0.5, 0.6) is 0 Å². The van der Waals surface area contributed by atoms with E-state index < -0.39 is 24.2 Å². The quantitative estimate of drug-likeness (QED) is 0.786. The Balaban J connectivity index is 2.62. The second-order valence-electron chi connectivity index (χ2n) is 3.17. The minimum atomic E-state index is -4.49. The third kappa shape index (κ3) is 3.40. The topological polar surface area (TPSA) is 76.2 Å². The van der Waals surface area contributed by atoms with Crippen LogP contribution in [0, 0.1) is 0 Å². The van der Waals surface area contributed by atoms with E-state index in [0.717, 1.165) is 0 Å². The number of aliphatic carboxylic acids is 1. The SMILES string of the molecule is O=C(O)CCCc1nnc(C(F)(F)C(F)F)o1. The Morgan fingerprint density at radius 1 is 1.41 bits per heavy atom. The molecule has 0 unspecified atom stereocenters. The zero-order valence-electron chi connectivity index (χ0n) is 8.37. The van der Waals surface area contributed by atoms with E-state index in [9.17, 15) is 22.4 Å². The van der Waals surface area contributed by atoms with Gasteiger partial charge in [-0.2, -0.15) is 8.78 Å². The van der Waals surface area contributed by atoms with Gasteiger partial charge in [0.05, 0.1) is 0 Å². The van der Waals surface area contributed by atoms with Crippen LogP contribution in [-0.4, -0.2) is 27.7 Å². The minimum absolute atomic E-state index is 0.0569. The Labute approximate surface area is 92.4 Å². The van der Waals surface area contributed by atoms with Gasteiger partial charge in [-0.25, -0.2) is 8.78 Å². The number of hydrogen-bond acceptors (Lipinski definition) is 4. The van der Waals surface area contributed by atoms with Crippen LogP contribution < -0.4 is 0 Å². The highest BCUT2D eigenvalue weighted by Crippen LogP contribution is 2.33. The molecule has 0 radical (unpaired) electrons. The number of halogens is 4. The van der Waals surface area contributed by atoms with E-state index in [1.54, 1.807) is 0 Å². The van der Waals surface area contributed by atoms with Crippen LogP contribution >= 0.6 is 0 Å². The van der Waals surface area contributed by atoms with Gasteiger partial charge in [0.2, 0.25) is 5.89 Å². The number of hydrogen-bond donors (Lipinski definition) is 1. The summed E-state index contributed by atoms with van der Waals surface area (Å²) in [6.07, 6.45) is -4.10. The number of carboxylic acids is 1. The molecule has 0 aliphatic rings. The maximum absolute atomic E-state index is 12.7. The van der Waals surface area contributed by atoms with E-state index in [0.29, 0.717) is 0 Å². The first-order valence-corrected chi connectivity index (χ1v) is 4.54. The second kappa shape index (κ2) is 5.11. The van der Waals surface area contributed by atoms with E-state index in [1.165, 1.54) is 0 Å². The van der Waals surface area contributed by atoms with Crippen LogP contribution in [0.1, 0.15) is 24.6 Å². The molecule has 9 heteroatoms. The van der Waals surface area contributed by atoms with Crippen molar-refractivity contribution in [3.8, 4) is 0 Å². The molecule has 5 nitrogen and oxygen atoms in total. The molecule has 96 valence electrons. The number of carboxylic acid groups (broad SMARTS) is 1. The average molecular weight is 256 g/mol. The molecule has 1 aromatic rings. The third-order valence-electron chi connectivity index (χ3n) is 1.81.